The second-order valence-corrected chi connectivity index (χ2v) is 13.2. The van der Waals surface area contributed by atoms with Crippen molar-refractivity contribution in [1.29, 1.82) is 0 Å². The average molecular weight is 715 g/mol. The van der Waals surface area contributed by atoms with E-state index >= 15 is 0 Å². The molecule has 0 bridgehead atoms. The monoisotopic (exact) mass is 712 g/mol. The molecule has 39 heavy (non-hydrogen) atoms. The van der Waals surface area contributed by atoms with E-state index in [0.29, 0.717) is 29.1 Å². The normalized spacial score (nSPS) is 15.6. The molecule has 2 aromatic carbocycles. The van der Waals surface area contributed by atoms with Crippen molar-refractivity contribution in [2.24, 2.45) is 5.92 Å². The summed E-state index contributed by atoms with van der Waals surface area (Å²) in [7, 11) is 6.39. The molecule has 1 saturated heterocycles. The molecule has 0 aliphatic carbocycles. The summed E-state index contributed by atoms with van der Waals surface area (Å²) in [5, 5.41) is 3.69. The van der Waals surface area contributed by atoms with Crippen LogP contribution in [0.3, 0.4) is 0 Å². The molecule has 1 atom stereocenters. The molecule has 1 fully saturated rings. The topological polar surface area (TPSA) is 76.6 Å². The lowest BCUT2D eigenvalue weighted by atomic mass is 9.97. The van der Waals surface area contributed by atoms with Gasteiger partial charge >= 0.3 is 0 Å². The first-order chi connectivity index (χ1) is 19.0. The Kier molecular flexibility index (Phi) is 12.2. The van der Waals surface area contributed by atoms with E-state index in [0.717, 1.165) is 43.6 Å². The van der Waals surface area contributed by atoms with Crippen LogP contribution >= 0.6 is 61.8 Å². The number of nitrogens with one attached hydrogen (secondary N) is 1. The standard InChI is InChI=1S/C27H30Br2N4O3S3/c1-35-22-7-6-20(11-23(22)36-2)21-13-31-27(32-14-21)37-17-26(34)30-12-19-4-3-9-33(16-19)15-18-5-8-24(38-28)25(10-18)39-29/h5-8,10-11,13-14,19H,3-4,9,12,15-17H2,1-2H3,(H,30,34). The maximum absolute atomic E-state index is 12.5. The van der Waals surface area contributed by atoms with E-state index in [-0.39, 0.29) is 11.7 Å². The van der Waals surface area contributed by atoms with Crippen LogP contribution in [-0.2, 0) is 11.3 Å². The van der Waals surface area contributed by atoms with Crippen molar-refractivity contribution < 1.29 is 14.3 Å². The Labute approximate surface area is 257 Å². The molecule has 1 amide bonds. The summed E-state index contributed by atoms with van der Waals surface area (Å²) in [6.07, 6.45) is 5.80. The molecular formula is C27H30Br2N4O3S3. The van der Waals surface area contributed by atoms with Crippen LogP contribution in [0.1, 0.15) is 18.4 Å². The molecule has 1 aliphatic heterocycles. The minimum atomic E-state index is 0.00606. The second-order valence-electron chi connectivity index (χ2n) is 9.10. The highest BCUT2D eigenvalue weighted by atomic mass is 79.9. The molecule has 0 spiro atoms. The van der Waals surface area contributed by atoms with Gasteiger partial charge in [0.2, 0.25) is 5.91 Å². The lowest BCUT2D eigenvalue weighted by molar-refractivity contribution is -0.118. The van der Waals surface area contributed by atoms with Crippen LogP contribution in [0.2, 0.25) is 0 Å². The number of halogens is 2. The highest BCUT2D eigenvalue weighted by molar-refractivity contribution is 9.50. The third kappa shape index (κ3) is 8.77. The SMILES string of the molecule is COc1ccc(-c2cnc(SCC(=O)NCC3CCCN(Cc4ccc(SBr)c(SBr)c4)C3)nc2)cc1OC. The number of aromatic nitrogens is 2. The maximum Gasteiger partial charge on any atom is 0.230 e. The van der Waals surface area contributed by atoms with Gasteiger partial charge in [0.15, 0.2) is 16.7 Å². The molecule has 1 N–H and O–H groups in total. The largest absolute Gasteiger partial charge is 0.493 e. The van der Waals surface area contributed by atoms with Gasteiger partial charge in [-0.05, 0) is 111 Å². The number of nitrogens with zero attached hydrogens (tertiary/aromatic N) is 3. The fourth-order valence-corrected chi connectivity index (χ4v) is 8.24. The van der Waals surface area contributed by atoms with Crippen molar-refractivity contribution in [1.82, 2.24) is 20.2 Å². The van der Waals surface area contributed by atoms with Crippen LogP contribution in [0.4, 0.5) is 0 Å². The number of carbonyl (C=O) groups excluding carboxylic acids is 1. The predicted octanol–water partition coefficient (Wildman–Crippen LogP) is 7.09. The van der Waals surface area contributed by atoms with Crippen molar-refractivity contribution >= 4 is 67.7 Å². The average Bonchev–Trinajstić information content (AvgIpc) is 2.99. The molecule has 3 aromatic rings. The lowest BCUT2D eigenvalue weighted by Crippen LogP contribution is -2.41. The smallest absolute Gasteiger partial charge is 0.230 e. The highest BCUT2D eigenvalue weighted by Crippen LogP contribution is 2.38. The minimum absolute atomic E-state index is 0.00606. The van der Waals surface area contributed by atoms with Gasteiger partial charge in [-0.25, -0.2) is 9.97 Å². The van der Waals surface area contributed by atoms with Crippen molar-refractivity contribution in [3.8, 4) is 22.6 Å². The van der Waals surface area contributed by atoms with E-state index < -0.39 is 0 Å². The zero-order chi connectivity index (χ0) is 27.6. The Morgan fingerprint density at radius 2 is 1.79 bits per heavy atom. The number of amides is 1. The fourth-order valence-electron chi connectivity index (χ4n) is 4.49. The van der Waals surface area contributed by atoms with E-state index in [4.69, 9.17) is 9.47 Å². The number of piperidine rings is 1. The van der Waals surface area contributed by atoms with E-state index in [1.807, 2.05) is 18.2 Å². The van der Waals surface area contributed by atoms with Gasteiger partial charge in [0.25, 0.3) is 0 Å². The first-order valence-electron chi connectivity index (χ1n) is 12.4. The number of hydrogen-bond acceptors (Lipinski definition) is 9. The molecule has 12 heteroatoms. The van der Waals surface area contributed by atoms with E-state index in [9.17, 15) is 4.79 Å². The number of methoxy groups -OCH3 is 2. The zero-order valence-corrected chi connectivity index (χ0v) is 27.3. The summed E-state index contributed by atoms with van der Waals surface area (Å²) in [6.45, 7) is 3.68. The van der Waals surface area contributed by atoms with Gasteiger partial charge in [0.1, 0.15) is 0 Å². The number of carbonyl (C=O) groups is 1. The van der Waals surface area contributed by atoms with E-state index in [1.165, 1.54) is 27.1 Å². The Bertz CT molecular complexity index is 1250. The molecule has 2 heterocycles. The summed E-state index contributed by atoms with van der Waals surface area (Å²) in [6, 6.07) is 12.3. The molecule has 0 radical (unpaired) electrons. The van der Waals surface area contributed by atoms with Crippen LogP contribution in [0.25, 0.3) is 11.1 Å². The predicted molar refractivity (Wildman–Crippen MR) is 168 cm³/mol. The number of benzene rings is 2. The number of likely N-dealkylation sites (tertiary alicyclic amines) is 1. The maximum atomic E-state index is 12.5. The van der Waals surface area contributed by atoms with Crippen molar-refractivity contribution in [2.45, 2.75) is 34.3 Å². The molecule has 1 aliphatic rings. The first-order valence-corrected chi connectivity index (χ1v) is 18.7. The second kappa shape index (κ2) is 15.5. The van der Waals surface area contributed by atoms with Gasteiger partial charge in [-0.15, -0.1) is 0 Å². The first kappa shape index (κ1) is 30.5. The van der Waals surface area contributed by atoms with E-state index in [1.54, 1.807) is 47.0 Å². The summed E-state index contributed by atoms with van der Waals surface area (Å²) < 4.78 is 10.7. The molecular weight excluding hydrogens is 684 g/mol. The third-order valence-electron chi connectivity index (χ3n) is 6.45. The molecule has 7 nitrogen and oxygen atoms in total. The van der Waals surface area contributed by atoms with E-state index in [2.05, 4.69) is 68.0 Å². The Morgan fingerprint density at radius 1 is 1.03 bits per heavy atom. The van der Waals surface area contributed by atoms with Gasteiger partial charge in [-0.1, -0.05) is 23.9 Å². The fraction of sp³-hybridized carbons (Fsp3) is 0.370. The van der Waals surface area contributed by atoms with Crippen molar-refractivity contribution in [3.63, 3.8) is 0 Å². The molecule has 1 unspecified atom stereocenters. The summed E-state index contributed by atoms with van der Waals surface area (Å²) in [4.78, 5) is 26.3. The molecule has 208 valence electrons. The van der Waals surface area contributed by atoms with Crippen LogP contribution in [0.5, 0.6) is 11.5 Å². The molecule has 4 rings (SSSR count). The Balaban J connectivity index is 1.22. The summed E-state index contributed by atoms with van der Waals surface area (Å²) in [5.74, 6) is 2.07. The van der Waals surface area contributed by atoms with Crippen LogP contribution in [0.15, 0.2) is 63.7 Å². The Hall–Kier alpha value is -1.44. The number of rotatable bonds is 12. The molecule has 1 aromatic heterocycles. The van der Waals surface area contributed by atoms with Gasteiger partial charge < -0.3 is 14.8 Å². The molecule has 0 saturated carbocycles. The van der Waals surface area contributed by atoms with Gasteiger partial charge in [0.05, 0.1) is 20.0 Å². The van der Waals surface area contributed by atoms with Crippen molar-refractivity contribution in [3.05, 3.63) is 54.4 Å². The number of thioether (sulfide) groups is 1. The summed E-state index contributed by atoms with van der Waals surface area (Å²) >= 11 is 8.33. The van der Waals surface area contributed by atoms with Gasteiger partial charge in [0, 0.05) is 47.4 Å². The van der Waals surface area contributed by atoms with Gasteiger partial charge in [-0.2, -0.15) is 0 Å². The van der Waals surface area contributed by atoms with Crippen LogP contribution in [-0.4, -0.2) is 60.4 Å². The van der Waals surface area contributed by atoms with Crippen LogP contribution in [0, 0.1) is 5.92 Å². The van der Waals surface area contributed by atoms with Gasteiger partial charge in [-0.3, -0.25) is 9.69 Å². The Morgan fingerprint density at radius 3 is 2.51 bits per heavy atom. The summed E-state index contributed by atoms with van der Waals surface area (Å²) in [5.41, 5.74) is 3.10. The lowest BCUT2D eigenvalue weighted by Gasteiger charge is -2.33. The third-order valence-corrected chi connectivity index (χ3v) is 10.6. The highest BCUT2D eigenvalue weighted by Gasteiger charge is 2.21. The quantitative estimate of drug-likeness (QED) is 0.157. The minimum Gasteiger partial charge on any atom is -0.493 e. The van der Waals surface area contributed by atoms with Crippen LogP contribution < -0.4 is 14.8 Å². The van der Waals surface area contributed by atoms with Crippen molar-refractivity contribution in [2.75, 3.05) is 39.6 Å². The zero-order valence-electron chi connectivity index (χ0n) is 21.7. The number of hydrogen-bond donors (Lipinski definition) is 1. The number of ether oxygens (including phenoxy) is 2.